The second-order valence-corrected chi connectivity index (χ2v) is 8.12. The fraction of sp³-hybridized carbons (Fsp3) is 0.167. The van der Waals surface area contributed by atoms with Gasteiger partial charge < -0.3 is 20.0 Å². The summed E-state index contributed by atoms with van der Waals surface area (Å²) in [4.78, 5) is 23.9. The highest BCUT2D eigenvalue weighted by Gasteiger charge is 2.29. The van der Waals surface area contributed by atoms with Crippen molar-refractivity contribution in [1.82, 2.24) is 5.32 Å². The molecule has 0 aliphatic heterocycles. The molecule has 4 rings (SSSR count). The van der Waals surface area contributed by atoms with Crippen LogP contribution in [0, 0.1) is 0 Å². The highest BCUT2D eigenvalue weighted by atomic mass is 35.5. The fourth-order valence-corrected chi connectivity index (χ4v) is 4.37. The summed E-state index contributed by atoms with van der Waals surface area (Å²) in [5, 5.41) is 14.7. The molecule has 0 bridgehead atoms. The molecule has 1 aliphatic rings. The summed E-state index contributed by atoms with van der Waals surface area (Å²) in [5.74, 6) is -1.55. The highest BCUT2D eigenvalue weighted by Crippen LogP contribution is 2.44. The summed E-state index contributed by atoms with van der Waals surface area (Å²) >= 11 is 12.0. The molecule has 0 heterocycles. The first-order valence-corrected chi connectivity index (χ1v) is 10.5. The normalized spacial score (nSPS) is 13.2. The zero-order valence-corrected chi connectivity index (χ0v) is 17.8. The Morgan fingerprint density at radius 2 is 1.58 bits per heavy atom. The van der Waals surface area contributed by atoms with Gasteiger partial charge in [0.1, 0.15) is 6.61 Å². The second kappa shape index (κ2) is 9.00. The van der Waals surface area contributed by atoms with E-state index < -0.39 is 18.1 Å². The number of amides is 1. The Morgan fingerprint density at radius 1 is 0.968 bits per heavy atom. The van der Waals surface area contributed by atoms with E-state index in [0.29, 0.717) is 15.6 Å². The number of hydrogen-bond donors (Lipinski definition) is 1. The van der Waals surface area contributed by atoms with Crippen LogP contribution in [-0.4, -0.2) is 24.7 Å². The molecule has 0 unspecified atom stereocenters. The standard InChI is InChI=1S/C24H19Cl2NO4/c25-15-10-9-14(21(26)12-15)11-22(23(28)29)27-24(30)31-13-20-18-7-3-1-5-16(18)17-6-2-4-8-19(17)20/h1-10,12,20,22H,11,13H2,(H,27,30)(H,28,29)/p-1/t22-/m1/s1. The summed E-state index contributed by atoms with van der Waals surface area (Å²) in [7, 11) is 0. The van der Waals surface area contributed by atoms with E-state index in [1.807, 2.05) is 48.5 Å². The zero-order valence-electron chi connectivity index (χ0n) is 16.3. The number of carbonyl (C=O) groups excluding carboxylic acids is 2. The quantitative estimate of drug-likeness (QED) is 0.605. The third-order valence-electron chi connectivity index (χ3n) is 5.36. The van der Waals surface area contributed by atoms with Crippen LogP contribution in [0.5, 0.6) is 0 Å². The largest absolute Gasteiger partial charge is 0.548 e. The van der Waals surface area contributed by atoms with Crippen LogP contribution in [0.15, 0.2) is 66.7 Å². The molecular formula is C24H18Cl2NO4-. The van der Waals surface area contributed by atoms with Gasteiger partial charge in [-0.25, -0.2) is 4.79 Å². The molecule has 1 aliphatic carbocycles. The van der Waals surface area contributed by atoms with Crippen LogP contribution in [0.3, 0.4) is 0 Å². The van der Waals surface area contributed by atoms with Crippen LogP contribution in [0.2, 0.25) is 10.0 Å². The Morgan fingerprint density at radius 3 is 2.16 bits per heavy atom. The minimum absolute atomic E-state index is 0.0530. The lowest BCUT2D eigenvalue weighted by atomic mass is 9.98. The Hall–Kier alpha value is -3.02. The summed E-state index contributed by atoms with van der Waals surface area (Å²) in [5.41, 5.74) is 4.88. The van der Waals surface area contributed by atoms with Crippen molar-refractivity contribution in [3.63, 3.8) is 0 Å². The van der Waals surface area contributed by atoms with Crippen LogP contribution in [0.25, 0.3) is 11.1 Å². The van der Waals surface area contributed by atoms with Gasteiger partial charge in [-0.3, -0.25) is 0 Å². The number of halogens is 2. The van der Waals surface area contributed by atoms with Gasteiger partial charge in [-0.15, -0.1) is 0 Å². The van der Waals surface area contributed by atoms with E-state index in [2.05, 4.69) is 5.32 Å². The van der Waals surface area contributed by atoms with Crippen molar-refractivity contribution in [1.29, 1.82) is 0 Å². The molecule has 1 N–H and O–H groups in total. The average Bonchev–Trinajstić information content (AvgIpc) is 3.07. The third-order valence-corrected chi connectivity index (χ3v) is 5.95. The molecule has 3 aromatic carbocycles. The molecule has 31 heavy (non-hydrogen) atoms. The predicted octanol–water partition coefficient (Wildman–Crippen LogP) is 4.19. The van der Waals surface area contributed by atoms with Crippen molar-refractivity contribution in [2.75, 3.05) is 6.61 Å². The molecule has 1 amide bonds. The topological polar surface area (TPSA) is 78.5 Å². The Labute approximate surface area is 189 Å². The molecule has 3 aromatic rings. The van der Waals surface area contributed by atoms with Gasteiger partial charge in [-0.1, -0.05) is 77.8 Å². The minimum atomic E-state index is -1.43. The molecule has 0 saturated carbocycles. The number of carboxylic acid groups (broad SMARTS) is 1. The van der Waals surface area contributed by atoms with E-state index in [0.717, 1.165) is 22.3 Å². The summed E-state index contributed by atoms with van der Waals surface area (Å²) in [6.07, 6.45) is -0.885. The van der Waals surface area contributed by atoms with E-state index in [9.17, 15) is 14.7 Å². The number of nitrogens with one attached hydrogen (secondary N) is 1. The first kappa shape index (κ1) is 21.2. The maximum atomic E-state index is 12.4. The molecule has 0 spiro atoms. The molecule has 0 saturated heterocycles. The molecule has 0 radical (unpaired) electrons. The van der Waals surface area contributed by atoms with Gasteiger partial charge >= 0.3 is 6.09 Å². The molecule has 7 heteroatoms. The monoisotopic (exact) mass is 454 g/mol. The van der Waals surface area contributed by atoms with Gasteiger partial charge in [-0.05, 0) is 46.4 Å². The number of carboxylic acids is 1. The molecule has 0 fully saturated rings. The smallest absolute Gasteiger partial charge is 0.407 e. The fourth-order valence-electron chi connectivity index (χ4n) is 3.88. The van der Waals surface area contributed by atoms with E-state index in [1.165, 1.54) is 6.07 Å². The maximum absolute atomic E-state index is 12.4. The average molecular weight is 455 g/mol. The number of rotatable bonds is 6. The van der Waals surface area contributed by atoms with Gasteiger partial charge in [0, 0.05) is 16.0 Å². The molecule has 5 nitrogen and oxygen atoms in total. The second-order valence-electron chi connectivity index (χ2n) is 7.28. The van der Waals surface area contributed by atoms with Crippen LogP contribution in [0.4, 0.5) is 4.79 Å². The van der Waals surface area contributed by atoms with Crippen LogP contribution in [0.1, 0.15) is 22.6 Å². The van der Waals surface area contributed by atoms with Crippen LogP contribution < -0.4 is 10.4 Å². The predicted molar refractivity (Wildman–Crippen MR) is 117 cm³/mol. The van der Waals surface area contributed by atoms with Gasteiger partial charge in [0.15, 0.2) is 0 Å². The molecular weight excluding hydrogens is 437 g/mol. The van der Waals surface area contributed by atoms with Gasteiger partial charge in [-0.2, -0.15) is 0 Å². The van der Waals surface area contributed by atoms with Crippen molar-refractivity contribution in [2.45, 2.75) is 18.4 Å². The van der Waals surface area contributed by atoms with Crippen molar-refractivity contribution >= 4 is 35.3 Å². The number of fused-ring (bicyclic) bond motifs is 3. The number of hydrogen-bond acceptors (Lipinski definition) is 4. The first-order valence-electron chi connectivity index (χ1n) is 9.70. The molecule has 158 valence electrons. The van der Waals surface area contributed by atoms with E-state index in [4.69, 9.17) is 27.9 Å². The third kappa shape index (κ3) is 4.53. The Bertz CT molecular complexity index is 1100. The van der Waals surface area contributed by atoms with Crippen LogP contribution in [-0.2, 0) is 16.0 Å². The number of ether oxygens (including phenoxy) is 1. The maximum Gasteiger partial charge on any atom is 0.407 e. The van der Waals surface area contributed by atoms with Gasteiger partial charge in [0.05, 0.1) is 12.0 Å². The van der Waals surface area contributed by atoms with E-state index in [-0.39, 0.29) is 18.9 Å². The summed E-state index contributed by atoms with van der Waals surface area (Å²) in [6.45, 7) is 0.0847. The highest BCUT2D eigenvalue weighted by molar-refractivity contribution is 6.35. The lowest BCUT2D eigenvalue weighted by Gasteiger charge is -2.21. The molecule has 0 aromatic heterocycles. The van der Waals surface area contributed by atoms with Crippen molar-refractivity contribution in [3.05, 3.63) is 93.5 Å². The Kier molecular flexibility index (Phi) is 6.16. The summed E-state index contributed by atoms with van der Waals surface area (Å²) in [6, 6.07) is 19.3. The first-order chi connectivity index (χ1) is 14.9. The number of carbonyl (C=O) groups is 2. The minimum Gasteiger partial charge on any atom is -0.548 e. The number of benzene rings is 3. The van der Waals surface area contributed by atoms with Crippen molar-refractivity contribution < 1.29 is 19.4 Å². The lowest BCUT2D eigenvalue weighted by molar-refractivity contribution is -0.308. The van der Waals surface area contributed by atoms with Crippen molar-refractivity contribution in [3.8, 4) is 11.1 Å². The number of aliphatic carboxylic acids is 1. The molecule has 1 atom stereocenters. The summed E-state index contributed by atoms with van der Waals surface area (Å²) < 4.78 is 5.41. The van der Waals surface area contributed by atoms with Gasteiger partial charge in [0.2, 0.25) is 0 Å². The number of alkyl carbamates (subject to hydrolysis) is 1. The Balaban J connectivity index is 1.44. The van der Waals surface area contributed by atoms with Crippen LogP contribution >= 0.6 is 23.2 Å². The van der Waals surface area contributed by atoms with Crippen molar-refractivity contribution in [2.24, 2.45) is 0 Å². The zero-order chi connectivity index (χ0) is 22.0. The van der Waals surface area contributed by atoms with E-state index in [1.54, 1.807) is 12.1 Å². The SMILES string of the molecule is O=C(N[C@H](Cc1ccc(Cl)cc1Cl)C(=O)[O-])OCC1c2ccccc2-c2ccccc21. The van der Waals surface area contributed by atoms with E-state index >= 15 is 0 Å². The lowest BCUT2D eigenvalue weighted by Crippen LogP contribution is -2.49. The van der Waals surface area contributed by atoms with Gasteiger partial charge in [0.25, 0.3) is 0 Å².